The molecule has 0 bridgehead atoms. The van der Waals surface area contributed by atoms with Crippen molar-refractivity contribution in [3.63, 3.8) is 0 Å². The van der Waals surface area contributed by atoms with Crippen molar-refractivity contribution >= 4 is 45.9 Å². The zero-order chi connectivity index (χ0) is 32.8. The minimum Gasteiger partial charge on any atom is -0.432 e. The number of ether oxygens (including phenoxy) is 1. The first-order chi connectivity index (χ1) is 22.9. The number of hydrogen-bond donors (Lipinski definition) is 1. The second-order valence-corrected chi connectivity index (χ2v) is 11.8. The van der Waals surface area contributed by atoms with Gasteiger partial charge in [-0.05, 0) is 81.4 Å². The molecule has 1 aliphatic heterocycles. The van der Waals surface area contributed by atoms with Crippen molar-refractivity contribution in [3.8, 4) is 28.3 Å². The third-order valence-corrected chi connectivity index (χ3v) is 8.78. The number of amides is 2. The van der Waals surface area contributed by atoms with E-state index >= 15 is 0 Å². The summed E-state index contributed by atoms with van der Waals surface area (Å²) in [4.78, 5) is 39.9. The standard InChI is InChI=1S/C38H37N5O3S/c1-3-42(4-2)37(45)29-16-11-23-43(25-29)38(47)46-31-20-17-28(18-21-31)36(44)39-30-19-22-32-33(24-30)41-35(27-14-9-6-10-15-27)34(40-32)26-12-7-5-8-13-26/h5-10,12-15,17-22,24,29H,3-4,11,16,23,25H2,1-2H3,(H,39,44)/t29-/m1/s1. The molecule has 2 amide bonds. The lowest BCUT2D eigenvalue weighted by molar-refractivity contribution is -0.136. The molecule has 1 saturated heterocycles. The number of anilines is 1. The van der Waals surface area contributed by atoms with E-state index in [9.17, 15) is 9.59 Å². The molecule has 0 spiro atoms. The van der Waals surface area contributed by atoms with Crippen molar-refractivity contribution in [1.29, 1.82) is 0 Å². The molecule has 1 aliphatic rings. The van der Waals surface area contributed by atoms with Gasteiger partial charge in [-0.3, -0.25) is 9.59 Å². The Kier molecular flexibility index (Phi) is 9.83. The molecule has 1 atom stereocenters. The van der Waals surface area contributed by atoms with E-state index in [2.05, 4.69) is 5.32 Å². The monoisotopic (exact) mass is 643 g/mol. The summed E-state index contributed by atoms with van der Waals surface area (Å²) in [5, 5.41) is 3.32. The Morgan fingerprint density at radius 3 is 2.09 bits per heavy atom. The summed E-state index contributed by atoms with van der Waals surface area (Å²) in [6.07, 6.45) is 1.73. The summed E-state index contributed by atoms with van der Waals surface area (Å²) in [6, 6.07) is 32.4. The molecule has 238 valence electrons. The van der Waals surface area contributed by atoms with Gasteiger partial charge in [-0.1, -0.05) is 60.7 Å². The van der Waals surface area contributed by atoms with Gasteiger partial charge in [-0.25, -0.2) is 9.97 Å². The molecule has 1 aromatic heterocycles. The zero-order valence-electron chi connectivity index (χ0n) is 26.6. The van der Waals surface area contributed by atoms with Crippen molar-refractivity contribution in [2.75, 3.05) is 31.5 Å². The highest BCUT2D eigenvalue weighted by Crippen LogP contribution is 2.31. The van der Waals surface area contributed by atoms with E-state index in [1.807, 2.05) is 103 Å². The summed E-state index contributed by atoms with van der Waals surface area (Å²) in [5.41, 5.74) is 6.02. The van der Waals surface area contributed by atoms with Gasteiger partial charge in [0.2, 0.25) is 5.91 Å². The molecule has 1 N–H and O–H groups in total. The first kappa shape index (κ1) is 31.8. The van der Waals surface area contributed by atoms with Crippen LogP contribution in [0, 0.1) is 5.92 Å². The van der Waals surface area contributed by atoms with Gasteiger partial charge in [-0.2, -0.15) is 0 Å². The smallest absolute Gasteiger partial charge is 0.264 e. The molecule has 9 heteroatoms. The van der Waals surface area contributed by atoms with Crippen LogP contribution >= 0.6 is 12.2 Å². The summed E-state index contributed by atoms with van der Waals surface area (Å²) >= 11 is 5.59. The third-order valence-electron chi connectivity index (χ3n) is 8.44. The number of nitrogens with zero attached hydrogens (tertiary/aromatic N) is 4. The van der Waals surface area contributed by atoms with Crippen LogP contribution in [-0.2, 0) is 4.79 Å². The normalized spacial score (nSPS) is 14.4. The minimum absolute atomic E-state index is 0.0896. The highest BCUT2D eigenvalue weighted by atomic mass is 32.1. The lowest BCUT2D eigenvalue weighted by atomic mass is 9.97. The maximum atomic E-state index is 13.2. The number of nitrogens with one attached hydrogen (secondary N) is 1. The second kappa shape index (κ2) is 14.5. The van der Waals surface area contributed by atoms with E-state index < -0.39 is 0 Å². The van der Waals surface area contributed by atoms with E-state index in [1.165, 1.54) is 0 Å². The third kappa shape index (κ3) is 7.31. The van der Waals surface area contributed by atoms with Gasteiger partial charge in [-0.15, -0.1) is 0 Å². The quantitative estimate of drug-likeness (QED) is 0.176. The average Bonchev–Trinajstić information content (AvgIpc) is 3.12. The van der Waals surface area contributed by atoms with E-state index in [1.54, 1.807) is 24.3 Å². The van der Waals surface area contributed by atoms with E-state index in [0.29, 0.717) is 47.3 Å². The number of likely N-dealkylation sites (tertiary alicyclic amines) is 1. The van der Waals surface area contributed by atoms with Crippen LogP contribution in [-0.4, -0.2) is 62.9 Å². The Bertz CT molecular complexity index is 1880. The zero-order valence-corrected chi connectivity index (χ0v) is 27.4. The van der Waals surface area contributed by atoms with Gasteiger partial charge in [0.25, 0.3) is 11.1 Å². The fourth-order valence-corrected chi connectivity index (χ4v) is 6.17. The maximum Gasteiger partial charge on any atom is 0.264 e. The van der Waals surface area contributed by atoms with Crippen molar-refractivity contribution in [2.45, 2.75) is 26.7 Å². The molecule has 8 nitrogen and oxygen atoms in total. The average molecular weight is 644 g/mol. The summed E-state index contributed by atoms with van der Waals surface area (Å²) < 4.78 is 5.97. The lowest BCUT2D eigenvalue weighted by Gasteiger charge is -2.35. The van der Waals surface area contributed by atoms with Crippen LogP contribution in [0.5, 0.6) is 5.75 Å². The van der Waals surface area contributed by atoms with Crippen LogP contribution in [0.4, 0.5) is 5.69 Å². The molecular formula is C38H37N5O3S. The second-order valence-electron chi connectivity index (χ2n) is 11.5. The molecule has 5 aromatic rings. The fraction of sp³-hybridized carbons (Fsp3) is 0.237. The number of carbonyl (C=O) groups is 2. The van der Waals surface area contributed by atoms with E-state index in [0.717, 1.165) is 47.4 Å². The Hall–Kier alpha value is -5.15. The van der Waals surface area contributed by atoms with Gasteiger partial charge >= 0.3 is 0 Å². The van der Waals surface area contributed by atoms with Crippen LogP contribution in [0.1, 0.15) is 37.0 Å². The van der Waals surface area contributed by atoms with Crippen molar-refractivity contribution < 1.29 is 14.3 Å². The van der Waals surface area contributed by atoms with Gasteiger partial charge in [0, 0.05) is 48.6 Å². The molecule has 0 aliphatic carbocycles. The van der Waals surface area contributed by atoms with Crippen LogP contribution in [0.25, 0.3) is 33.5 Å². The molecule has 0 radical (unpaired) electrons. The predicted octanol–water partition coefficient (Wildman–Crippen LogP) is 7.46. The number of aromatic nitrogens is 2. The number of thiocarbonyl (C=S) groups is 1. The van der Waals surface area contributed by atoms with Gasteiger partial charge in [0.1, 0.15) is 5.75 Å². The Labute approximate surface area is 280 Å². The van der Waals surface area contributed by atoms with Gasteiger partial charge < -0.3 is 19.9 Å². The van der Waals surface area contributed by atoms with Crippen LogP contribution in [0.15, 0.2) is 103 Å². The number of hydrogen-bond acceptors (Lipinski definition) is 6. The van der Waals surface area contributed by atoms with Crippen molar-refractivity contribution in [1.82, 2.24) is 19.8 Å². The van der Waals surface area contributed by atoms with Crippen LogP contribution in [0.3, 0.4) is 0 Å². The highest BCUT2D eigenvalue weighted by Gasteiger charge is 2.30. The highest BCUT2D eigenvalue weighted by molar-refractivity contribution is 7.80. The van der Waals surface area contributed by atoms with Crippen molar-refractivity contribution in [3.05, 3.63) is 109 Å². The number of rotatable bonds is 8. The van der Waals surface area contributed by atoms with Gasteiger partial charge in [0.15, 0.2) is 0 Å². The lowest BCUT2D eigenvalue weighted by Crippen LogP contribution is -2.47. The first-order valence-electron chi connectivity index (χ1n) is 16.0. The minimum atomic E-state index is -0.260. The molecule has 6 rings (SSSR count). The van der Waals surface area contributed by atoms with E-state index in [4.69, 9.17) is 26.9 Å². The molecule has 0 saturated carbocycles. The van der Waals surface area contributed by atoms with Gasteiger partial charge in [0.05, 0.1) is 28.3 Å². The summed E-state index contributed by atoms with van der Waals surface area (Å²) in [5.74, 6) is 0.356. The molecule has 47 heavy (non-hydrogen) atoms. The van der Waals surface area contributed by atoms with E-state index in [-0.39, 0.29) is 17.7 Å². The number of carbonyl (C=O) groups excluding carboxylic acids is 2. The summed E-state index contributed by atoms with van der Waals surface area (Å²) in [7, 11) is 0. The first-order valence-corrected chi connectivity index (χ1v) is 16.4. The Morgan fingerprint density at radius 2 is 1.47 bits per heavy atom. The molecule has 4 aromatic carbocycles. The molecule has 0 unspecified atom stereocenters. The molecule has 1 fully saturated rings. The fourth-order valence-electron chi connectivity index (χ4n) is 5.91. The predicted molar refractivity (Wildman–Crippen MR) is 190 cm³/mol. The molecular weight excluding hydrogens is 607 g/mol. The van der Waals surface area contributed by atoms with Crippen LogP contribution < -0.4 is 10.1 Å². The SMILES string of the molecule is CCN(CC)C(=O)[C@@H]1CCCN(C(=S)Oc2ccc(C(=O)Nc3ccc4nc(-c5ccccc5)c(-c5ccccc5)nc4c3)cc2)C1. The largest absolute Gasteiger partial charge is 0.432 e. The van der Waals surface area contributed by atoms with Crippen molar-refractivity contribution in [2.24, 2.45) is 5.92 Å². The molecule has 2 heterocycles. The topological polar surface area (TPSA) is 87.7 Å². The number of benzene rings is 4. The summed E-state index contributed by atoms with van der Waals surface area (Å²) in [6.45, 7) is 6.69. The van der Waals surface area contributed by atoms with Crippen LogP contribution in [0.2, 0.25) is 0 Å². The maximum absolute atomic E-state index is 13.2. The Morgan fingerprint density at radius 1 is 0.851 bits per heavy atom. The Balaban J connectivity index is 1.14. The number of piperidine rings is 1. The number of fused-ring (bicyclic) bond motifs is 1.